The van der Waals surface area contributed by atoms with Crippen molar-refractivity contribution >= 4 is 0 Å². The molecule has 48 valence electrons. The normalized spacial score (nSPS) is 39.8. The topological polar surface area (TPSA) is 9.23 Å². The van der Waals surface area contributed by atoms with Crippen LogP contribution in [0.5, 0.6) is 0 Å². The molecule has 0 aromatic heterocycles. The van der Waals surface area contributed by atoms with Gasteiger partial charge in [0, 0.05) is 0 Å². The molecule has 0 aromatic carbocycles. The Morgan fingerprint density at radius 1 is 1.12 bits per heavy atom. The molecule has 1 heterocycles. The molecule has 2 atom stereocenters. The smallest absolute Gasteiger partial charge is 0.0550 e. The van der Waals surface area contributed by atoms with Gasteiger partial charge in [0.15, 0.2) is 0 Å². The molecule has 0 spiro atoms. The van der Waals surface area contributed by atoms with Crippen molar-refractivity contribution in [2.75, 3.05) is 0 Å². The zero-order chi connectivity index (χ0) is 5.98. The van der Waals surface area contributed by atoms with Gasteiger partial charge in [0.1, 0.15) is 0 Å². The minimum absolute atomic E-state index is 0.513. The van der Waals surface area contributed by atoms with Gasteiger partial charge < -0.3 is 4.74 Å². The van der Waals surface area contributed by atoms with Crippen molar-refractivity contribution in [1.82, 2.24) is 0 Å². The van der Waals surface area contributed by atoms with E-state index in [0.717, 1.165) is 0 Å². The lowest BCUT2D eigenvalue weighted by Crippen LogP contribution is -2.22. The predicted octanol–water partition coefficient (Wildman–Crippen LogP) is 1.96. The Balaban J connectivity index is 2.23. The van der Waals surface area contributed by atoms with Crippen LogP contribution in [0.1, 0.15) is 33.1 Å². The van der Waals surface area contributed by atoms with Gasteiger partial charge in [-0.2, -0.15) is 0 Å². The summed E-state index contributed by atoms with van der Waals surface area (Å²) in [6.45, 7) is 4.30. The first-order chi connectivity index (χ1) is 3.79. The number of rotatable bonds is 0. The first-order valence-electron chi connectivity index (χ1n) is 3.44. The molecule has 1 saturated heterocycles. The standard InChI is InChI=1S/C7H14O/c1-6-4-3-5-7(2)8-6/h6-7H,3-5H2,1-2H3/t6-,7-/m1/s1. The molecule has 1 rings (SSSR count). The third kappa shape index (κ3) is 1.48. The fraction of sp³-hybridized carbons (Fsp3) is 1.00. The van der Waals surface area contributed by atoms with Gasteiger partial charge in [-0.3, -0.25) is 0 Å². The Morgan fingerprint density at radius 3 is 1.88 bits per heavy atom. The van der Waals surface area contributed by atoms with Crippen LogP contribution in [0.3, 0.4) is 0 Å². The van der Waals surface area contributed by atoms with E-state index in [9.17, 15) is 0 Å². The van der Waals surface area contributed by atoms with E-state index in [-0.39, 0.29) is 0 Å². The highest BCUT2D eigenvalue weighted by atomic mass is 16.5. The van der Waals surface area contributed by atoms with E-state index >= 15 is 0 Å². The second-order valence-corrected chi connectivity index (χ2v) is 2.69. The fourth-order valence-corrected chi connectivity index (χ4v) is 1.23. The minimum atomic E-state index is 0.513. The van der Waals surface area contributed by atoms with Crippen molar-refractivity contribution in [2.45, 2.75) is 45.3 Å². The summed E-state index contributed by atoms with van der Waals surface area (Å²) in [5.41, 5.74) is 0. The first-order valence-corrected chi connectivity index (χ1v) is 3.44. The summed E-state index contributed by atoms with van der Waals surface area (Å²) in [6.07, 6.45) is 4.88. The van der Waals surface area contributed by atoms with Gasteiger partial charge in [0.2, 0.25) is 0 Å². The lowest BCUT2D eigenvalue weighted by atomic mass is 10.1. The maximum Gasteiger partial charge on any atom is 0.0550 e. The number of hydrogen-bond acceptors (Lipinski definition) is 1. The van der Waals surface area contributed by atoms with Crippen LogP contribution in [0.2, 0.25) is 0 Å². The van der Waals surface area contributed by atoms with Gasteiger partial charge in [-0.15, -0.1) is 0 Å². The molecule has 1 nitrogen and oxygen atoms in total. The molecule has 1 aliphatic heterocycles. The zero-order valence-electron chi connectivity index (χ0n) is 5.68. The van der Waals surface area contributed by atoms with Gasteiger partial charge >= 0.3 is 0 Å². The Labute approximate surface area is 51.0 Å². The largest absolute Gasteiger partial charge is 0.376 e. The van der Waals surface area contributed by atoms with Gasteiger partial charge in [0.25, 0.3) is 0 Å². The average molecular weight is 114 g/mol. The van der Waals surface area contributed by atoms with Gasteiger partial charge in [-0.1, -0.05) is 0 Å². The Kier molecular flexibility index (Phi) is 1.90. The van der Waals surface area contributed by atoms with Crippen molar-refractivity contribution in [3.63, 3.8) is 0 Å². The molecule has 0 amide bonds. The molecule has 0 radical (unpaired) electrons. The second-order valence-electron chi connectivity index (χ2n) is 2.69. The minimum Gasteiger partial charge on any atom is -0.376 e. The van der Waals surface area contributed by atoms with E-state index in [4.69, 9.17) is 4.74 Å². The van der Waals surface area contributed by atoms with Crippen molar-refractivity contribution in [3.05, 3.63) is 0 Å². The molecule has 8 heavy (non-hydrogen) atoms. The average Bonchev–Trinajstić information content (AvgIpc) is 1.64. The van der Waals surface area contributed by atoms with Crippen LogP contribution in [-0.4, -0.2) is 12.2 Å². The van der Waals surface area contributed by atoms with Crippen LogP contribution in [0.15, 0.2) is 0 Å². The zero-order valence-corrected chi connectivity index (χ0v) is 5.68. The summed E-state index contributed by atoms with van der Waals surface area (Å²) in [5.74, 6) is 0. The second kappa shape index (κ2) is 2.49. The summed E-state index contributed by atoms with van der Waals surface area (Å²) >= 11 is 0. The van der Waals surface area contributed by atoms with Gasteiger partial charge in [0.05, 0.1) is 12.2 Å². The summed E-state index contributed by atoms with van der Waals surface area (Å²) in [4.78, 5) is 0. The summed E-state index contributed by atoms with van der Waals surface area (Å²) < 4.78 is 5.49. The van der Waals surface area contributed by atoms with E-state index in [1.54, 1.807) is 0 Å². The van der Waals surface area contributed by atoms with Crippen molar-refractivity contribution in [2.24, 2.45) is 0 Å². The quantitative estimate of drug-likeness (QED) is 0.468. The van der Waals surface area contributed by atoms with Crippen LogP contribution in [0, 0.1) is 0 Å². The molecule has 1 aliphatic rings. The SMILES string of the molecule is C[C@@H]1CCC[C@@H](C)O1. The van der Waals surface area contributed by atoms with Crippen LogP contribution >= 0.6 is 0 Å². The van der Waals surface area contributed by atoms with Crippen LogP contribution in [0.4, 0.5) is 0 Å². The first kappa shape index (κ1) is 6.09. The molecule has 1 heteroatoms. The van der Waals surface area contributed by atoms with E-state index in [1.165, 1.54) is 19.3 Å². The Morgan fingerprint density at radius 2 is 1.62 bits per heavy atom. The van der Waals surface area contributed by atoms with E-state index < -0.39 is 0 Å². The molecule has 0 unspecified atom stereocenters. The molecule has 0 N–H and O–H groups in total. The summed E-state index contributed by atoms with van der Waals surface area (Å²) in [7, 11) is 0. The highest BCUT2D eigenvalue weighted by Gasteiger charge is 2.13. The van der Waals surface area contributed by atoms with Gasteiger partial charge in [-0.25, -0.2) is 0 Å². The van der Waals surface area contributed by atoms with Crippen molar-refractivity contribution in [1.29, 1.82) is 0 Å². The molecular weight excluding hydrogens is 100 g/mol. The molecule has 0 aromatic rings. The number of hydrogen-bond donors (Lipinski definition) is 0. The summed E-state index contributed by atoms with van der Waals surface area (Å²) in [5, 5.41) is 0. The maximum atomic E-state index is 5.49. The third-order valence-electron chi connectivity index (χ3n) is 1.69. The monoisotopic (exact) mass is 114 g/mol. The number of ether oxygens (including phenoxy) is 1. The highest BCUT2D eigenvalue weighted by molar-refractivity contribution is 4.63. The highest BCUT2D eigenvalue weighted by Crippen LogP contribution is 2.17. The maximum absolute atomic E-state index is 5.49. The molecular formula is C7H14O. The molecule has 0 bridgehead atoms. The molecule has 0 saturated carbocycles. The van der Waals surface area contributed by atoms with Crippen LogP contribution < -0.4 is 0 Å². The Bertz CT molecular complexity index is 62.8. The van der Waals surface area contributed by atoms with Gasteiger partial charge in [-0.05, 0) is 33.1 Å². The lowest BCUT2D eigenvalue weighted by molar-refractivity contribution is -0.0292. The lowest BCUT2D eigenvalue weighted by Gasteiger charge is -2.24. The van der Waals surface area contributed by atoms with E-state index in [0.29, 0.717) is 12.2 Å². The van der Waals surface area contributed by atoms with Crippen LogP contribution in [0.25, 0.3) is 0 Å². The summed E-state index contributed by atoms with van der Waals surface area (Å²) in [6, 6.07) is 0. The molecule has 0 aliphatic carbocycles. The Hall–Kier alpha value is -0.0400. The van der Waals surface area contributed by atoms with Crippen LogP contribution in [-0.2, 0) is 4.74 Å². The van der Waals surface area contributed by atoms with E-state index in [1.807, 2.05) is 0 Å². The van der Waals surface area contributed by atoms with Crippen molar-refractivity contribution < 1.29 is 4.74 Å². The van der Waals surface area contributed by atoms with Crippen molar-refractivity contribution in [3.8, 4) is 0 Å². The third-order valence-corrected chi connectivity index (χ3v) is 1.69. The van der Waals surface area contributed by atoms with E-state index in [2.05, 4.69) is 13.8 Å². The molecule has 1 fully saturated rings. The predicted molar refractivity (Wildman–Crippen MR) is 33.9 cm³/mol. The fourth-order valence-electron chi connectivity index (χ4n) is 1.23.